The maximum Gasteiger partial charge on any atom is 0.240 e. The summed E-state index contributed by atoms with van der Waals surface area (Å²) in [6.45, 7) is 10.4. The van der Waals surface area contributed by atoms with Crippen molar-refractivity contribution in [3.05, 3.63) is 11.7 Å². The van der Waals surface area contributed by atoms with Crippen molar-refractivity contribution in [2.45, 2.75) is 45.7 Å². The first-order valence-electron chi connectivity index (χ1n) is 6.48. The lowest BCUT2D eigenvalue weighted by molar-refractivity contribution is 0.122. The molecule has 2 heterocycles. The Kier molecular flexibility index (Phi) is 4.12. The fourth-order valence-electron chi connectivity index (χ4n) is 1.95. The van der Waals surface area contributed by atoms with Crippen LogP contribution in [0.4, 0.5) is 0 Å². The van der Waals surface area contributed by atoms with E-state index in [2.05, 4.69) is 41.1 Å². The fourth-order valence-corrected chi connectivity index (χ4v) is 1.95. The monoisotopic (exact) mass is 238 g/mol. The summed E-state index contributed by atoms with van der Waals surface area (Å²) < 4.78 is 5.30. The Morgan fingerprint density at radius 2 is 2.24 bits per heavy atom. The van der Waals surface area contributed by atoms with E-state index in [9.17, 15) is 0 Å². The molecule has 0 bridgehead atoms. The summed E-state index contributed by atoms with van der Waals surface area (Å²) in [5, 5.41) is 7.30. The Hall–Kier alpha value is -0.940. The summed E-state index contributed by atoms with van der Waals surface area (Å²) in [4.78, 5) is 6.86. The van der Waals surface area contributed by atoms with Crippen molar-refractivity contribution >= 4 is 0 Å². The first-order chi connectivity index (χ1) is 8.20. The van der Waals surface area contributed by atoms with Crippen molar-refractivity contribution in [2.24, 2.45) is 0 Å². The number of hydrogen-bond donors (Lipinski definition) is 1. The molecule has 1 aromatic heterocycles. The average molecular weight is 238 g/mol. The summed E-state index contributed by atoms with van der Waals surface area (Å²) in [5.74, 6) is 1.88. The Balaban J connectivity index is 1.95. The second kappa shape index (κ2) is 5.60. The molecule has 0 aliphatic carbocycles. The van der Waals surface area contributed by atoms with Gasteiger partial charge >= 0.3 is 0 Å². The number of nitrogens with one attached hydrogen (secondary N) is 1. The van der Waals surface area contributed by atoms with Gasteiger partial charge in [0, 0.05) is 25.0 Å². The Bertz CT molecular complexity index is 346. The molecule has 96 valence electrons. The van der Waals surface area contributed by atoms with E-state index in [0.717, 1.165) is 44.3 Å². The van der Waals surface area contributed by atoms with E-state index in [1.165, 1.54) is 0 Å². The fraction of sp³-hybridized carbons (Fsp3) is 0.833. The molecule has 2 rings (SSSR count). The van der Waals surface area contributed by atoms with Gasteiger partial charge in [-0.15, -0.1) is 0 Å². The Labute approximate surface area is 103 Å². The van der Waals surface area contributed by atoms with E-state index in [4.69, 9.17) is 4.52 Å². The Morgan fingerprint density at radius 3 is 2.71 bits per heavy atom. The molecule has 1 N–H and O–H groups in total. The molecule has 0 aromatic carbocycles. The van der Waals surface area contributed by atoms with Crippen LogP contribution in [0, 0.1) is 0 Å². The zero-order valence-electron chi connectivity index (χ0n) is 10.9. The number of hydrogen-bond acceptors (Lipinski definition) is 5. The molecule has 0 saturated carbocycles. The maximum atomic E-state index is 5.30. The molecule has 5 heteroatoms. The van der Waals surface area contributed by atoms with Crippen LogP contribution in [0.5, 0.6) is 0 Å². The summed E-state index contributed by atoms with van der Waals surface area (Å²) in [6, 6.07) is 0.629. The predicted molar refractivity (Wildman–Crippen MR) is 65.7 cm³/mol. The molecular weight excluding hydrogens is 216 g/mol. The molecule has 1 fully saturated rings. The van der Waals surface area contributed by atoms with E-state index in [0.29, 0.717) is 12.0 Å². The smallest absolute Gasteiger partial charge is 0.240 e. The largest absolute Gasteiger partial charge is 0.338 e. The standard InChI is InChI=1S/C12H22N4O/c1-4-5-16(10-6-13-7-10)8-11-14-12(9(2)3)15-17-11/h9-10,13H,4-8H2,1-3H3. The van der Waals surface area contributed by atoms with Crippen LogP contribution in [0.25, 0.3) is 0 Å². The zero-order valence-corrected chi connectivity index (χ0v) is 10.9. The van der Waals surface area contributed by atoms with Gasteiger partial charge in [-0.25, -0.2) is 0 Å². The minimum absolute atomic E-state index is 0.331. The highest BCUT2D eigenvalue weighted by molar-refractivity contribution is 4.93. The van der Waals surface area contributed by atoms with Crippen LogP contribution in [-0.2, 0) is 6.54 Å². The molecule has 0 unspecified atom stereocenters. The van der Waals surface area contributed by atoms with E-state index in [-0.39, 0.29) is 0 Å². The quantitative estimate of drug-likeness (QED) is 0.811. The van der Waals surface area contributed by atoms with Gasteiger partial charge in [-0.05, 0) is 13.0 Å². The number of aromatic nitrogens is 2. The second-order valence-corrected chi connectivity index (χ2v) is 4.98. The molecule has 5 nitrogen and oxygen atoms in total. The van der Waals surface area contributed by atoms with Crippen molar-refractivity contribution in [3.8, 4) is 0 Å². The molecule has 1 saturated heterocycles. The van der Waals surface area contributed by atoms with Crippen molar-refractivity contribution in [1.29, 1.82) is 0 Å². The van der Waals surface area contributed by atoms with Crippen molar-refractivity contribution in [1.82, 2.24) is 20.4 Å². The highest BCUT2D eigenvalue weighted by Gasteiger charge is 2.25. The minimum Gasteiger partial charge on any atom is -0.338 e. The lowest BCUT2D eigenvalue weighted by atomic mass is 10.1. The molecule has 17 heavy (non-hydrogen) atoms. The highest BCUT2D eigenvalue weighted by Crippen LogP contribution is 2.14. The summed E-state index contributed by atoms with van der Waals surface area (Å²) >= 11 is 0. The topological polar surface area (TPSA) is 54.2 Å². The summed E-state index contributed by atoms with van der Waals surface area (Å²) in [5.41, 5.74) is 0. The molecule has 1 aliphatic rings. The second-order valence-electron chi connectivity index (χ2n) is 4.98. The van der Waals surface area contributed by atoms with Crippen LogP contribution in [0.15, 0.2) is 4.52 Å². The van der Waals surface area contributed by atoms with E-state index >= 15 is 0 Å². The predicted octanol–water partition coefficient (Wildman–Crippen LogP) is 1.38. The lowest BCUT2D eigenvalue weighted by Gasteiger charge is -2.37. The number of rotatable bonds is 6. The van der Waals surface area contributed by atoms with Gasteiger partial charge in [-0.1, -0.05) is 25.9 Å². The molecule has 1 aromatic rings. The van der Waals surface area contributed by atoms with Gasteiger partial charge in [0.1, 0.15) is 0 Å². The van der Waals surface area contributed by atoms with Crippen LogP contribution in [0.1, 0.15) is 44.8 Å². The normalized spacial score (nSPS) is 16.8. The first kappa shape index (κ1) is 12.5. The Morgan fingerprint density at radius 1 is 1.47 bits per heavy atom. The van der Waals surface area contributed by atoms with Crippen LogP contribution >= 0.6 is 0 Å². The molecule has 0 spiro atoms. The van der Waals surface area contributed by atoms with Crippen molar-refractivity contribution in [2.75, 3.05) is 19.6 Å². The third kappa shape index (κ3) is 3.04. The lowest BCUT2D eigenvalue weighted by Crippen LogP contribution is -2.57. The molecule has 0 amide bonds. The van der Waals surface area contributed by atoms with Gasteiger partial charge in [-0.2, -0.15) is 4.98 Å². The van der Waals surface area contributed by atoms with Gasteiger partial charge in [-0.3, -0.25) is 4.90 Å². The van der Waals surface area contributed by atoms with Crippen molar-refractivity contribution < 1.29 is 4.52 Å². The van der Waals surface area contributed by atoms with E-state index < -0.39 is 0 Å². The van der Waals surface area contributed by atoms with E-state index in [1.807, 2.05) is 0 Å². The van der Waals surface area contributed by atoms with Crippen LogP contribution < -0.4 is 5.32 Å². The SMILES string of the molecule is CCCN(Cc1nc(C(C)C)no1)C1CNC1. The van der Waals surface area contributed by atoms with Gasteiger partial charge in [0.05, 0.1) is 6.54 Å². The van der Waals surface area contributed by atoms with Gasteiger partial charge < -0.3 is 9.84 Å². The minimum atomic E-state index is 0.331. The summed E-state index contributed by atoms with van der Waals surface area (Å²) in [6.07, 6.45) is 1.15. The third-order valence-electron chi connectivity index (χ3n) is 3.13. The summed E-state index contributed by atoms with van der Waals surface area (Å²) in [7, 11) is 0. The molecular formula is C12H22N4O. The molecule has 0 radical (unpaired) electrons. The van der Waals surface area contributed by atoms with E-state index in [1.54, 1.807) is 0 Å². The third-order valence-corrected chi connectivity index (χ3v) is 3.13. The average Bonchev–Trinajstić information content (AvgIpc) is 2.64. The number of nitrogens with zero attached hydrogens (tertiary/aromatic N) is 3. The van der Waals surface area contributed by atoms with Gasteiger partial charge in [0.2, 0.25) is 5.89 Å². The highest BCUT2D eigenvalue weighted by atomic mass is 16.5. The van der Waals surface area contributed by atoms with Crippen molar-refractivity contribution in [3.63, 3.8) is 0 Å². The first-order valence-corrected chi connectivity index (χ1v) is 6.48. The molecule has 1 aliphatic heterocycles. The van der Waals surface area contributed by atoms with Crippen LogP contribution in [0.2, 0.25) is 0 Å². The van der Waals surface area contributed by atoms with Gasteiger partial charge in [0.25, 0.3) is 0 Å². The van der Waals surface area contributed by atoms with Crippen LogP contribution in [-0.4, -0.2) is 40.7 Å². The van der Waals surface area contributed by atoms with Crippen LogP contribution in [0.3, 0.4) is 0 Å². The van der Waals surface area contributed by atoms with Gasteiger partial charge in [0.15, 0.2) is 5.82 Å². The maximum absolute atomic E-state index is 5.30. The molecule has 0 atom stereocenters. The zero-order chi connectivity index (χ0) is 12.3.